The average Bonchev–Trinajstić information content (AvgIpc) is 2.89. The molecule has 0 amide bonds. The molecule has 1 fully saturated rings. The minimum Gasteiger partial charge on any atom is -0.382 e. The highest BCUT2D eigenvalue weighted by Gasteiger charge is 2.26. The van der Waals surface area contributed by atoms with Crippen LogP contribution in [0.2, 0.25) is 0 Å². The van der Waals surface area contributed by atoms with E-state index in [2.05, 4.69) is 28.2 Å². The van der Waals surface area contributed by atoms with Crippen LogP contribution in [0.1, 0.15) is 32.6 Å². The second-order valence-corrected chi connectivity index (χ2v) is 6.77. The Morgan fingerprint density at radius 3 is 2.76 bits per heavy atom. The van der Waals surface area contributed by atoms with Gasteiger partial charge < -0.3 is 10.6 Å². The topological polar surface area (TPSA) is 55.0 Å². The smallest absolute Gasteiger partial charge is 0.147 e. The Hall–Kier alpha value is -1.62. The van der Waals surface area contributed by atoms with Gasteiger partial charge in [-0.05, 0) is 48.0 Å². The normalized spacial score (nSPS) is 22.2. The quantitative estimate of drug-likeness (QED) is 0.937. The lowest BCUT2D eigenvalue weighted by molar-refractivity contribution is 0.337. The molecule has 4 nitrogen and oxygen atoms in total. The number of rotatable bonds is 3. The van der Waals surface area contributed by atoms with E-state index in [0.29, 0.717) is 11.9 Å². The molecule has 2 heterocycles. The second-order valence-electron chi connectivity index (χ2n) is 6.02. The third-order valence-corrected chi connectivity index (χ3v) is 5.40. The van der Waals surface area contributed by atoms with E-state index < -0.39 is 0 Å². The van der Waals surface area contributed by atoms with Crippen LogP contribution in [0.15, 0.2) is 24.5 Å². The molecule has 0 spiro atoms. The molecule has 112 valence electrons. The third-order valence-electron chi connectivity index (χ3n) is 4.45. The van der Waals surface area contributed by atoms with Gasteiger partial charge in [-0.2, -0.15) is 4.37 Å². The van der Waals surface area contributed by atoms with Crippen LogP contribution in [-0.2, 0) is 0 Å². The van der Waals surface area contributed by atoms with Gasteiger partial charge in [0.15, 0.2) is 0 Å². The summed E-state index contributed by atoms with van der Waals surface area (Å²) in [6, 6.07) is 4.59. The van der Waals surface area contributed by atoms with E-state index in [4.69, 9.17) is 5.73 Å². The zero-order valence-corrected chi connectivity index (χ0v) is 13.4. The summed E-state index contributed by atoms with van der Waals surface area (Å²) >= 11 is 1.50. The maximum Gasteiger partial charge on any atom is 0.147 e. The molecule has 0 aromatic carbocycles. The standard InChI is InChI=1S/C16H22N4S/c1-11-4-3-5-13(10-11)20(2)16-14(15(17)19-21-16)12-6-8-18-9-7-12/h6-9,11,13H,3-5,10H2,1-2H3,(H2,17,19). The third kappa shape index (κ3) is 2.88. The summed E-state index contributed by atoms with van der Waals surface area (Å²) in [7, 11) is 2.18. The van der Waals surface area contributed by atoms with Gasteiger partial charge in [-0.3, -0.25) is 4.98 Å². The van der Waals surface area contributed by atoms with E-state index in [-0.39, 0.29) is 0 Å². The van der Waals surface area contributed by atoms with Crippen molar-refractivity contribution < 1.29 is 0 Å². The minimum absolute atomic E-state index is 0.592. The highest BCUT2D eigenvalue weighted by molar-refractivity contribution is 7.11. The molecule has 2 aromatic heterocycles. The van der Waals surface area contributed by atoms with E-state index >= 15 is 0 Å². The number of hydrogen-bond acceptors (Lipinski definition) is 5. The molecule has 2 aromatic rings. The minimum atomic E-state index is 0.592. The van der Waals surface area contributed by atoms with Crippen LogP contribution in [0.5, 0.6) is 0 Å². The monoisotopic (exact) mass is 302 g/mol. The van der Waals surface area contributed by atoms with Crippen LogP contribution in [0.3, 0.4) is 0 Å². The first-order valence-electron chi connectivity index (χ1n) is 7.55. The summed E-state index contributed by atoms with van der Waals surface area (Å²) in [5.41, 5.74) is 8.28. The number of nitrogens with two attached hydrogens (primary N) is 1. The summed E-state index contributed by atoms with van der Waals surface area (Å²) in [5, 5.41) is 1.18. The molecule has 0 bridgehead atoms. The summed E-state index contributed by atoms with van der Waals surface area (Å²) in [4.78, 5) is 6.48. The van der Waals surface area contributed by atoms with Gasteiger partial charge in [0.1, 0.15) is 10.8 Å². The molecule has 3 rings (SSSR count). The summed E-state index contributed by atoms with van der Waals surface area (Å²) < 4.78 is 4.39. The number of aromatic nitrogens is 2. The second kappa shape index (κ2) is 6.02. The van der Waals surface area contributed by atoms with Crippen molar-refractivity contribution in [2.24, 2.45) is 5.92 Å². The van der Waals surface area contributed by atoms with Crippen LogP contribution in [0.4, 0.5) is 10.8 Å². The van der Waals surface area contributed by atoms with Crippen LogP contribution in [0.25, 0.3) is 11.1 Å². The molecule has 21 heavy (non-hydrogen) atoms. The van der Waals surface area contributed by atoms with Crippen LogP contribution in [-0.4, -0.2) is 22.4 Å². The number of hydrogen-bond donors (Lipinski definition) is 1. The number of anilines is 2. The molecular formula is C16H22N4S. The molecule has 1 aliphatic rings. The van der Waals surface area contributed by atoms with Gasteiger partial charge in [0.25, 0.3) is 0 Å². The van der Waals surface area contributed by atoms with Gasteiger partial charge in [0, 0.05) is 25.5 Å². The zero-order chi connectivity index (χ0) is 14.8. The van der Waals surface area contributed by atoms with Crippen LogP contribution < -0.4 is 10.6 Å². The first-order chi connectivity index (χ1) is 10.2. The highest BCUT2D eigenvalue weighted by atomic mass is 32.1. The van der Waals surface area contributed by atoms with Gasteiger partial charge in [-0.15, -0.1) is 0 Å². The van der Waals surface area contributed by atoms with Gasteiger partial charge >= 0.3 is 0 Å². The van der Waals surface area contributed by atoms with E-state index in [1.165, 1.54) is 42.2 Å². The Kier molecular flexibility index (Phi) is 4.10. The molecule has 0 aliphatic heterocycles. The molecule has 2 unspecified atom stereocenters. The van der Waals surface area contributed by atoms with E-state index in [0.717, 1.165) is 17.0 Å². The van der Waals surface area contributed by atoms with Gasteiger partial charge in [-0.25, -0.2) is 0 Å². The summed E-state index contributed by atoms with van der Waals surface area (Å²) in [5.74, 6) is 1.43. The Morgan fingerprint density at radius 1 is 1.29 bits per heavy atom. The lowest BCUT2D eigenvalue weighted by Gasteiger charge is -2.35. The summed E-state index contributed by atoms with van der Waals surface area (Å²) in [6.07, 6.45) is 8.79. The Labute approximate surface area is 130 Å². The van der Waals surface area contributed by atoms with Gasteiger partial charge in [-0.1, -0.05) is 19.8 Å². The van der Waals surface area contributed by atoms with Crippen molar-refractivity contribution in [3.05, 3.63) is 24.5 Å². The average molecular weight is 302 g/mol. The molecular weight excluding hydrogens is 280 g/mol. The maximum atomic E-state index is 6.12. The number of nitrogens with zero attached hydrogens (tertiary/aromatic N) is 3. The largest absolute Gasteiger partial charge is 0.382 e. The van der Waals surface area contributed by atoms with Crippen molar-refractivity contribution in [3.8, 4) is 11.1 Å². The molecule has 1 aliphatic carbocycles. The molecule has 5 heteroatoms. The summed E-state index contributed by atoms with van der Waals surface area (Å²) in [6.45, 7) is 2.35. The first-order valence-corrected chi connectivity index (χ1v) is 8.32. The molecule has 0 saturated heterocycles. The van der Waals surface area contributed by atoms with Crippen LogP contribution >= 0.6 is 11.5 Å². The lowest BCUT2D eigenvalue weighted by atomic mass is 9.86. The van der Waals surface area contributed by atoms with E-state index in [1.54, 1.807) is 12.4 Å². The SMILES string of the molecule is CC1CCCC(N(C)c2snc(N)c2-c2ccncc2)C1. The van der Waals surface area contributed by atoms with Crippen molar-refractivity contribution >= 4 is 22.4 Å². The Bertz CT molecular complexity index is 596. The fourth-order valence-corrected chi connectivity index (χ4v) is 4.11. The fourth-order valence-electron chi connectivity index (χ4n) is 3.24. The Balaban J connectivity index is 1.92. The maximum absolute atomic E-state index is 6.12. The van der Waals surface area contributed by atoms with E-state index in [9.17, 15) is 0 Å². The number of nitrogen functional groups attached to an aromatic ring is 1. The Morgan fingerprint density at radius 2 is 2.05 bits per heavy atom. The van der Waals surface area contributed by atoms with Crippen molar-refractivity contribution in [3.63, 3.8) is 0 Å². The van der Waals surface area contributed by atoms with Crippen molar-refractivity contribution in [2.75, 3.05) is 17.7 Å². The molecule has 0 radical (unpaired) electrons. The van der Waals surface area contributed by atoms with Gasteiger partial charge in [0.05, 0.1) is 5.56 Å². The van der Waals surface area contributed by atoms with Crippen molar-refractivity contribution in [1.29, 1.82) is 0 Å². The van der Waals surface area contributed by atoms with Gasteiger partial charge in [0.2, 0.25) is 0 Å². The first kappa shape index (κ1) is 14.3. The van der Waals surface area contributed by atoms with E-state index in [1.807, 2.05) is 12.1 Å². The lowest BCUT2D eigenvalue weighted by Crippen LogP contribution is -2.35. The van der Waals surface area contributed by atoms with Crippen molar-refractivity contribution in [1.82, 2.24) is 9.36 Å². The molecule has 1 saturated carbocycles. The predicted molar refractivity (Wildman–Crippen MR) is 89.6 cm³/mol. The van der Waals surface area contributed by atoms with Crippen LogP contribution in [0, 0.1) is 5.92 Å². The predicted octanol–water partition coefficient (Wildman–Crippen LogP) is 3.80. The molecule has 2 N–H and O–H groups in total. The fraction of sp³-hybridized carbons (Fsp3) is 0.500. The highest BCUT2D eigenvalue weighted by Crippen LogP contribution is 2.41. The number of pyridine rings is 1. The van der Waals surface area contributed by atoms with Crippen molar-refractivity contribution in [2.45, 2.75) is 38.6 Å². The zero-order valence-electron chi connectivity index (χ0n) is 12.6. The molecule has 2 atom stereocenters.